The molecule has 1 heterocycles. The van der Waals surface area contributed by atoms with Crippen LogP contribution < -0.4 is 4.74 Å². The van der Waals surface area contributed by atoms with Crippen LogP contribution in [0.3, 0.4) is 0 Å². The fraction of sp³-hybridized carbons (Fsp3) is 0.167. The van der Waals surface area contributed by atoms with Crippen LogP contribution in [0, 0.1) is 0 Å². The third-order valence-corrected chi connectivity index (χ3v) is 3.23. The predicted octanol–water partition coefficient (Wildman–Crippen LogP) is 4.61. The van der Waals surface area contributed by atoms with Crippen molar-refractivity contribution in [3.63, 3.8) is 0 Å². The van der Waals surface area contributed by atoms with Crippen LogP contribution in [-0.4, -0.2) is 11.6 Å². The summed E-state index contributed by atoms with van der Waals surface area (Å²) < 4.78 is 7.63. The molecule has 2 nitrogen and oxygen atoms in total. The van der Waals surface area contributed by atoms with Gasteiger partial charge in [0.05, 0.1) is 11.1 Å². The van der Waals surface area contributed by atoms with Gasteiger partial charge in [-0.15, -0.1) is 0 Å². The van der Waals surface area contributed by atoms with Gasteiger partial charge in [-0.2, -0.15) is 0 Å². The van der Waals surface area contributed by atoms with Crippen molar-refractivity contribution < 1.29 is 4.74 Å². The Bertz CT molecular complexity index is 480. The van der Waals surface area contributed by atoms with Gasteiger partial charge in [0.1, 0.15) is 5.75 Å². The Kier molecular flexibility index (Phi) is 3.71. The number of benzene rings is 1. The van der Waals surface area contributed by atoms with Gasteiger partial charge < -0.3 is 9.72 Å². The normalized spacial score (nSPS) is 10.4. The minimum atomic E-state index is 0.647. The Hall–Kier alpha value is -0.740. The van der Waals surface area contributed by atoms with Gasteiger partial charge in [0, 0.05) is 21.9 Å². The number of H-pyrrole nitrogens is 1. The number of aromatic amines is 1. The molecule has 0 radical (unpaired) electrons. The van der Waals surface area contributed by atoms with Crippen LogP contribution in [0.1, 0.15) is 6.92 Å². The fourth-order valence-electron chi connectivity index (χ4n) is 1.55. The molecule has 0 amide bonds. The van der Waals surface area contributed by atoms with Crippen LogP contribution >= 0.6 is 31.9 Å². The summed E-state index contributed by atoms with van der Waals surface area (Å²) in [5.74, 6) is 0.869. The molecule has 0 saturated carbocycles. The molecule has 0 spiro atoms. The molecule has 0 unspecified atom stereocenters. The van der Waals surface area contributed by atoms with E-state index in [1.807, 2.05) is 37.4 Å². The third kappa shape index (κ3) is 2.33. The van der Waals surface area contributed by atoms with Crippen LogP contribution in [0.2, 0.25) is 0 Å². The summed E-state index contributed by atoms with van der Waals surface area (Å²) in [7, 11) is 0. The van der Waals surface area contributed by atoms with E-state index in [1.165, 1.54) is 0 Å². The Morgan fingerprint density at radius 1 is 1.31 bits per heavy atom. The second-order valence-corrected chi connectivity index (χ2v) is 5.05. The van der Waals surface area contributed by atoms with Crippen LogP contribution in [0.4, 0.5) is 0 Å². The van der Waals surface area contributed by atoms with Crippen molar-refractivity contribution in [2.24, 2.45) is 0 Å². The summed E-state index contributed by atoms with van der Waals surface area (Å²) in [5.41, 5.74) is 2.10. The Morgan fingerprint density at radius 3 is 2.75 bits per heavy atom. The van der Waals surface area contributed by atoms with E-state index >= 15 is 0 Å². The Labute approximate surface area is 111 Å². The number of halogens is 2. The second kappa shape index (κ2) is 5.06. The number of aromatic nitrogens is 1. The van der Waals surface area contributed by atoms with E-state index in [1.54, 1.807) is 0 Å². The highest BCUT2D eigenvalue weighted by Gasteiger charge is 2.12. The molecule has 1 aromatic carbocycles. The summed E-state index contributed by atoms with van der Waals surface area (Å²) in [6.45, 7) is 2.63. The quantitative estimate of drug-likeness (QED) is 0.864. The zero-order valence-corrected chi connectivity index (χ0v) is 11.9. The minimum absolute atomic E-state index is 0.647. The van der Waals surface area contributed by atoms with Crippen LogP contribution in [0.25, 0.3) is 11.3 Å². The maximum atomic E-state index is 5.66. The van der Waals surface area contributed by atoms with Gasteiger partial charge in [0.2, 0.25) is 0 Å². The van der Waals surface area contributed by atoms with Crippen molar-refractivity contribution in [3.05, 3.63) is 39.4 Å². The summed E-state index contributed by atoms with van der Waals surface area (Å²) in [4.78, 5) is 3.19. The topological polar surface area (TPSA) is 25.0 Å². The zero-order valence-electron chi connectivity index (χ0n) is 8.76. The molecule has 4 heteroatoms. The average Bonchev–Trinajstić information content (AvgIpc) is 2.75. The van der Waals surface area contributed by atoms with E-state index in [2.05, 4.69) is 36.8 Å². The molecule has 1 N–H and O–H groups in total. The predicted molar refractivity (Wildman–Crippen MR) is 72.8 cm³/mol. The first-order valence-corrected chi connectivity index (χ1v) is 6.56. The van der Waals surface area contributed by atoms with Crippen molar-refractivity contribution in [3.8, 4) is 17.0 Å². The fourth-order valence-corrected chi connectivity index (χ4v) is 2.89. The van der Waals surface area contributed by atoms with E-state index < -0.39 is 0 Å². The van der Waals surface area contributed by atoms with Crippen molar-refractivity contribution >= 4 is 31.9 Å². The lowest BCUT2D eigenvalue weighted by Crippen LogP contribution is -1.95. The molecular weight excluding hydrogens is 334 g/mol. The van der Waals surface area contributed by atoms with Crippen molar-refractivity contribution in [2.75, 3.05) is 6.61 Å². The number of hydrogen-bond acceptors (Lipinski definition) is 1. The number of ether oxygens (including phenoxy) is 1. The van der Waals surface area contributed by atoms with Gasteiger partial charge in [-0.3, -0.25) is 0 Å². The van der Waals surface area contributed by atoms with Crippen molar-refractivity contribution in [2.45, 2.75) is 6.92 Å². The largest absolute Gasteiger partial charge is 0.492 e. The SMILES string of the molecule is CCOc1c(Br)cc(Br)cc1-c1ccc[nH]1. The smallest absolute Gasteiger partial charge is 0.142 e. The highest BCUT2D eigenvalue weighted by Crippen LogP contribution is 2.38. The summed E-state index contributed by atoms with van der Waals surface area (Å²) in [6.07, 6.45) is 1.90. The summed E-state index contributed by atoms with van der Waals surface area (Å²) in [5, 5.41) is 0. The van der Waals surface area contributed by atoms with Gasteiger partial charge in [-0.25, -0.2) is 0 Å². The van der Waals surface area contributed by atoms with E-state index in [9.17, 15) is 0 Å². The lowest BCUT2D eigenvalue weighted by atomic mass is 10.1. The molecule has 0 aliphatic carbocycles. The zero-order chi connectivity index (χ0) is 11.5. The van der Waals surface area contributed by atoms with E-state index in [0.29, 0.717) is 6.61 Å². The van der Waals surface area contributed by atoms with Crippen molar-refractivity contribution in [1.29, 1.82) is 0 Å². The molecule has 2 rings (SSSR count). The first-order valence-electron chi connectivity index (χ1n) is 4.98. The first-order chi connectivity index (χ1) is 7.72. The van der Waals surface area contributed by atoms with Gasteiger partial charge >= 0.3 is 0 Å². The average molecular weight is 345 g/mol. The van der Waals surface area contributed by atoms with Gasteiger partial charge in [0.25, 0.3) is 0 Å². The molecule has 1 aromatic heterocycles. The lowest BCUT2D eigenvalue weighted by Gasteiger charge is -2.12. The van der Waals surface area contributed by atoms with Crippen LogP contribution in [-0.2, 0) is 0 Å². The molecule has 0 aliphatic heterocycles. The van der Waals surface area contributed by atoms with E-state index in [0.717, 1.165) is 26.0 Å². The van der Waals surface area contributed by atoms with Gasteiger partial charge in [-0.1, -0.05) is 15.9 Å². The highest BCUT2D eigenvalue weighted by molar-refractivity contribution is 9.11. The summed E-state index contributed by atoms with van der Waals surface area (Å²) in [6, 6.07) is 8.02. The van der Waals surface area contributed by atoms with Gasteiger partial charge in [0.15, 0.2) is 0 Å². The highest BCUT2D eigenvalue weighted by atomic mass is 79.9. The molecule has 0 saturated heterocycles. The maximum absolute atomic E-state index is 5.66. The molecule has 0 fully saturated rings. The second-order valence-electron chi connectivity index (χ2n) is 3.28. The Morgan fingerprint density at radius 2 is 2.12 bits per heavy atom. The Balaban J connectivity index is 2.57. The molecule has 84 valence electrons. The molecule has 0 bridgehead atoms. The minimum Gasteiger partial charge on any atom is -0.492 e. The molecule has 16 heavy (non-hydrogen) atoms. The van der Waals surface area contributed by atoms with Crippen molar-refractivity contribution in [1.82, 2.24) is 4.98 Å². The lowest BCUT2D eigenvalue weighted by molar-refractivity contribution is 0.339. The van der Waals surface area contributed by atoms with Gasteiger partial charge in [-0.05, 0) is 47.1 Å². The number of rotatable bonds is 3. The molecular formula is C12H11Br2NO. The maximum Gasteiger partial charge on any atom is 0.142 e. The molecule has 0 atom stereocenters. The number of nitrogens with one attached hydrogen (secondary N) is 1. The standard InChI is InChI=1S/C12H11Br2NO/c1-2-16-12-9(11-4-3-5-15-11)6-8(13)7-10(12)14/h3-7,15H,2H2,1H3. The van der Waals surface area contributed by atoms with E-state index in [4.69, 9.17) is 4.74 Å². The number of hydrogen-bond donors (Lipinski definition) is 1. The first kappa shape index (κ1) is 11.7. The van der Waals surface area contributed by atoms with E-state index in [-0.39, 0.29) is 0 Å². The monoisotopic (exact) mass is 343 g/mol. The molecule has 0 aliphatic rings. The van der Waals surface area contributed by atoms with Crippen LogP contribution in [0.5, 0.6) is 5.75 Å². The van der Waals surface area contributed by atoms with Crippen LogP contribution in [0.15, 0.2) is 39.4 Å². The third-order valence-electron chi connectivity index (χ3n) is 2.19. The molecule has 2 aromatic rings. The summed E-state index contributed by atoms with van der Waals surface area (Å²) >= 11 is 7.00.